The van der Waals surface area contributed by atoms with E-state index in [1.807, 2.05) is 0 Å². The molecule has 0 bridgehead atoms. The second kappa shape index (κ2) is 7.03. The van der Waals surface area contributed by atoms with Gasteiger partial charge in [-0.25, -0.2) is 0 Å². The topological polar surface area (TPSA) is 92.5 Å². The number of carbonyl (C=O) groups excluding carboxylic acids is 3. The van der Waals surface area contributed by atoms with Gasteiger partial charge in [-0.05, 0) is 49.8 Å². The van der Waals surface area contributed by atoms with Crippen molar-refractivity contribution in [1.82, 2.24) is 10.2 Å². The molecule has 3 N–H and O–H groups in total. The van der Waals surface area contributed by atoms with E-state index in [0.29, 0.717) is 30.1 Å². The largest absolute Gasteiger partial charge is 0.366 e. The molecule has 3 rings (SSSR count). The van der Waals surface area contributed by atoms with Crippen LogP contribution in [0, 0.1) is 11.8 Å². The molecule has 1 saturated heterocycles. The molecule has 1 aliphatic heterocycles. The summed E-state index contributed by atoms with van der Waals surface area (Å²) in [6.45, 7) is 1.81. The number of nitrogens with zero attached hydrogens (tertiary/aromatic N) is 1. The summed E-state index contributed by atoms with van der Waals surface area (Å²) in [5, 5.41) is 3.00. The van der Waals surface area contributed by atoms with Crippen LogP contribution in [0.1, 0.15) is 46.4 Å². The van der Waals surface area contributed by atoms with E-state index in [0.717, 1.165) is 19.4 Å². The molecule has 1 aromatic carbocycles. The van der Waals surface area contributed by atoms with Crippen molar-refractivity contribution in [2.45, 2.75) is 25.7 Å². The van der Waals surface area contributed by atoms with Gasteiger partial charge in [-0.1, -0.05) is 6.07 Å². The first-order chi connectivity index (χ1) is 11.5. The second-order valence-corrected chi connectivity index (χ2v) is 6.72. The summed E-state index contributed by atoms with van der Waals surface area (Å²) in [5.74, 6) is -0.170. The Hall–Kier alpha value is -2.37. The molecule has 1 aromatic rings. The molecule has 1 saturated carbocycles. The van der Waals surface area contributed by atoms with Crippen molar-refractivity contribution in [3.05, 3.63) is 35.4 Å². The highest BCUT2D eigenvalue weighted by atomic mass is 16.2. The van der Waals surface area contributed by atoms with E-state index in [1.165, 1.54) is 18.9 Å². The van der Waals surface area contributed by atoms with Gasteiger partial charge in [0.05, 0.1) is 5.92 Å². The molecule has 6 heteroatoms. The molecular formula is C18H23N3O3. The normalized spacial score (nSPS) is 20.5. The average Bonchev–Trinajstić information content (AvgIpc) is 3.43. The Kier molecular flexibility index (Phi) is 4.83. The van der Waals surface area contributed by atoms with Gasteiger partial charge in [0.2, 0.25) is 11.8 Å². The Balaban J connectivity index is 1.62. The highest BCUT2D eigenvalue weighted by Crippen LogP contribution is 2.28. The Morgan fingerprint density at radius 1 is 1.17 bits per heavy atom. The monoisotopic (exact) mass is 329 g/mol. The quantitative estimate of drug-likeness (QED) is 0.849. The zero-order valence-corrected chi connectivity index (χ0v) is 13.7. The fourth-order valence-electron chi connectivity index (χ4n) is 3.07. The SMILES string of the molecule is NC(=O)c1cccc(C(=O)N2CCCC(C(=O)NCC3CC3)C2)c1. The summed E-state index contributed by atoms with van der Waals surface area (Å²) in [6.07, 6.45) is 4.02. The van der Waals surface area contributed by atoms with Gasteiger partial charge in [-0.3, -0.25) is 14.4 Å². The van der Waals surface area contributed by atoms with Crippen LogP contribution in [0.3, 0.4) is 0 Å². The first-order valence-electron chi connectivity index (χ1n) is 8.51. The van der Waals surface area contributed by atoms with E-state index < -0.39 is 5.91 Å². The van der Waals surface area contributed by atoms with Gasteiger partial charge in [0, 0.05) is 30.8 Å². The molecule has 2 aliphatic rings. The lowest BCUT2D eigenvalue weighted by atomic mass is 9.96. The number of hydrogen-bond acceptors (Lipinski definition) is 3. The molecule has 6 nitrogen and oxygen atoms in total. The summed E-state index contributed by atoms with van der Waals surface area (Å²) >= 11 is 0. The molecule has 0 aromatic heterocycles. The zero-order chi connectivity index (χ0) is 17.1. The number of primary amides is 1. The molecule has 128 valence electrons. The van der Waals surface area contributed by atoms with E-state index in [2.05, 4.69) is 5.32 Å². The molecule has 1 aliphatic carbocycles. The zero-order valence-electron chi connectivity index (χ0n) is 13.7. The van der Waals surface area contributed by atoms with Crippen LogP contribution in [-0.2, 0) is 4.79 Å². The Labute approximate surface area is 141 Å². The minimum atomic E-state index is -0.555. The van der Waals surface area contributed by atoms with E-state index in [-0.39, 0.29) is 17.7 Å². The predicted molar refractivity (Wildman–Crippen MR) is 89.3 cm³/mol. The van der Waals surface area contributed by atoms with Crippen LogP contribution in [-0.4, -0.2) is 42.3 Å². The Bertz CT molecular complexity index is 655. The molecule has 0 spiro atoms. The van der Waals surface area contributed by atoms with Crippen molar-refractivity contribution in [1.29, 1.82) is 0 Å². The molecule has 3 amide bonds. The molecule has 1 unspecified atom stereocenters. The number of hydrogen-bond donors (Lipinski definition) is 2. The van der Waals surface area contributed by atoms with E-state index in [1.54, 1.807) is 23.1 Å². The molecule has 24 heavy (non-hydrogen) atoms. The summed E-state index contributed by atoms with van der Waals surface area (Å²) in [4.78, 5) is 37.9. The van der Waals surface area contributed by atoms with Crippen LogP contribution in [0.15, 0.2) is 24.3 Å². The molecule has 1 atom stereocenters. The van der Waals surface area contributed by atoms with Gasteiger partial charge >= 0.3 is 0 Å². The maximum atomic E-state index is 12.7. The third-order valence-corrected chi connectivity index (χ3v) is 4.74. The van der Waals surface area contributed by atoms with Crippen LogP contribution in [0.25, 0.3) is 0 Å². The third-order valence-electron chi connectivity index (χ3n) is 4.74. The lowest BCUT2D eigenvalue weighted by molar-refractivity contribution is -0.126. The van der Waals surface area contributed by atoms with Crippen molar-refractivity contribution < 1.29 is 14.4 Å². The van der Waals surface area contributed by atoms with Crippen molar-refractivity contribution in [2.24, 2.45) is 17.6 Å². The van der Waals surface area contributed by atoms with E-state index in [9.17, 15) is 14.4 Å². The van der Waals surface area contributed by atoms with E-state index >= 15 is 0 Å². The van der Waals surface area contributed by atoms with Crippen LogP contribution in [0.4, 0.5) is 0 Å². The van der Waals surface area contributed by atoms with Gasteiger partial charge < -0.3 is 16.0 Å². The average molecular weight is 329 g/mol. The number of carbonyl (C=O) groups is 3. The van der Waals surface area contributed by atoms with Gasteiger partial charge in [-0.2, -0.15) is 0 Å². The van der Waals surface area contributed by atoms with Gasteiger partial charge in [0.25, 0.3) is 5.91 Å². The van der Waals surface area contributed by atoms with Gasteiger partial charge in [-0.15, -0.1) is 0 Å². The number of nitrogens with one attached hydrogen (secondary N) is 1. The lowest BCUT2D eigenvalue weighted by Crippen LogP contribution is -2.45. The number of benzene rings is 1. The van der Waals surface area contributed by atoms with Gasteiger partial charge in [0.1, 0.15) is 0 Å². The number of nitrogens with two attached hydrogens (primary N) is 1. The minimum absolute atomic E-state index is 0.0466. The smallest absolute Gasteiger partial charge is 0.253 e. The fraction of sp³-hybridized carbons (Fsp3) is 0.500. The predicted octanol–water partition coefficient (Wildman–Crippen LogP) is 1.16. The summed E-state index contributed by atoms with van der Waals surface area (Å²) < 4.78 is 0. The summed E-state index contributed by atoms with van der Waals surface area (Å²) in [7, 11) is 0. The van der Waals surface area contributed by atoms with E-state index in [4.69, 9.17) is 5.73 Å². The number of rotatable bonds is 5. The Morgan fingerprint density at radius 2 is 1.92 bits per heavy atom. The summed E-state index contributed by atoms with van der Waals surface area (Å²) in [5.41, 5.74) is 6.02. The minimum Gasteiger partial charge on any atom is -0.366 e. The molecule has 1 heterocycles. The first kappa shape index (κ1) is 16.5. The maximum absolute atomic E-state index is 12.7. The number of piperidine rings is 1. The van der Waals surface area contributed by atoms with Crippen molar-refractivity contribution >= 4 is 17.7 Å². The van der Waals surface area contributed by atoms with Crippen LogP contribution < -0.4 is 11.1 Å². The third kappa shape index (κ3) is 3.93. The fourth-order valence-corrected chi connectivity index (χ4v) is 3.07. The highest BCUT2D eigenvalue weighted by Gasteiger charge is 2.30. The van der Waals surface area contributed by atoms with Crippen LogP contribution >= 0.6 is 0 Å². The maximum Gasteiger partial charge on any atom is 0.253 e. The van der Waals surface area contributed by atoms with Crippen molar-refractivity contribution in [3.8, 4) is 0 Å². The van der Waals surface area contributed by atoms with Gasteiger partial charge in [0.15, 0.2) is 0 Å². The van der Waals surface area contributed by atoms with Crippen molar-refractivity contribution in [3.63, 3.8) is 0 Å². The Morgan fingerprint density at radius 3 is 2.62 bits per heavy atom. The second-order valence-electron chi connectivity index (χ2n) is 6.72. The van der Waals surface area contributed by atoms with Crippen LogP contribution in [0.5, 0.6) is 0 Å². The lowest BCUT2D eigenvalue weighted by Gasteiger charge is -2.32. The standard InChI is InChI=1S/C18H23N3O3/c19-16(22)13-3-1-4-14(9-13)18(24)21-8-2-5-15(11-21)17(23)20-10-12-6-7-12/h1,3-4,9,12,15H,2,5-8,10-11H2,(H2,19,22)(H,20,23). The van der Waals surface area contributed by atoms with Crippen molar-refractivity contribution in [2.75, 3.05) is 19.6 Å². The highest BCUT2D eigenvalue weighted by molar-refractivity contribution is 5.99. The molecule has 2 fully saturated rings. The number of likely N-dealkylation sites (tertiary alicyclic amines) is 1. The molecular weight excluding hydrogens is 306 g/mol. The summed E-state index contributed by atoms with van der Waals surface area (Å²) in [6, 6.07) is 6.42. The first-order valence-corrected chi connectivity index (χ1v) is 8.51. The van der Waals surface area contributed by atoms with Crippen LogP contribution in [0.2, 0.25) is 0 Å². The number of amides is 3. The molecule has 0 radical (unpaired) electrons.